The largest absolute Gasteiger partial charge is 0.348 e. The predicted octanol–water partition coefficient (Wildman–Crippen LogP) is 3.43. The Bertz CT molecular complexity index is 662. The molecule has 1 unspecified atom stereocenters. The molecule has 5 heteroatoms. The maximum absolute atomic E-state index is 13.8. The number of hydrogen-bond donors (Lipinski definition) is 0. The van der Waals surface area contributed by atoms with Crippen LogP contribution in [-0.4, -0.2) is 21.9 Å². The maximum Gasteiger partial charge on any atom is 0.227 e. The molecular weight excluding hydrogens is 291 g/mol. The minimum atomic E-state index is -0.427. The van der Waals surface area contributed by atoms with Gasteiger partial charge >= 0.3 is 0 Å². The average Bonchev–Trinajstić information content (AvgIpc) is 2.92. The molecular formula is C16H16ClFN2O. The predicted molar refractivity (Wildman–Crippen MR) is 79.7 cm³/mol. The second-order valence-electron chi connectivity index (χ2n) is 5.27. The van der Waals surface area contributed by atoms with Crippen molar-refractivity contribution < 1.29 is 9.18 Å². The van der Waals surface area contributed by atoms with Crippen molar-refractivity contribution in [3.63, 3.8) is 0 Å². The first-order chi connectivity index (χ1) is 10.1. The van der Waals surface area contributed by atoms with Crippen molar-refractivity contribution in [2.24, 2.45) is 0 Å². The molecule has 21 heavy (non-hydrogen) atoms. The van der Waals surface area contributed by atoms with Crippen LogP contribution >= 0.6 is 11.6 Å². The summed E-state index contributed by atoms with van der Waals surface area (Å²) >= 11 is 6.00. The maximum atomic E-state index is 13.8. The van der Waals surface area contributed by atoms with Crippen LogP contribution in [0.5, 0.6) is 0 Å². The summed E-state index contributed by atoms with van der Waals surface area (Å²) in [5.41, 5.74) is 1.38. The van der Waals surface area contributed by atoms with E-state index in [9.17, 15) is 9.18 Å². The highest BCUT2D eigenvalue weighted by Gasteiger charge is 2.28. The van der Waals surface area contributed by atoms with Crippen molar-refractivity contribution in [2.45, 2.75) is 25.9 Å². The van der Waals surface area contributed by atoms with Gasteiger partial charge in [-0.3, -0.25) is 4.79 Å². The van der Waals surface area contributed by atoms with Crippen LogP contribution in [0.1, 0.15) is 24.2 Å². The van der Waals surface area contributed by atoms with Crippen molar-refractivity contribution in [1.82, 2.24) is 9.47 Å². The number of aromatic nitrogens is 1. The summed E-state index contributed by atoms with van der Waals surface area (Å²) in [6.45, 7) is 3.39. The molecule has 1 atom stereocenters. The lowest BCUT2D eigenvalue weighted by atomic mass is 10.1. The molecule has 3 rings (SSSR count). The van der Waals surface area contributed by atoms with Gasteiger partial charge in [0, 0.05) is 35.6 Å². The number of halogens is 2. The van der Waals surface area contributed by atoms with E-state index in [4.69, 9.17) is 11.6 Å². The molecule has 0 radical (unpaired) electrons. The quantitative estimate of drug-likeness (QED) is 0.834. The van der Waals surface area contributed by atoms with Crippen LogP contribution in [0.3, 0.4) is 0 Å². The molecule has 0 saturated heterocycles. The van der Waals surface area contributed by atoms with E-state index in [1.54, 1.807) is 17.0 Å². The molecule has 0 spiro atoms. The zero-order valence-electron chi connectivity index (χ0n) is 11.7. The third kappa shape index (κ3) is 2.56. The van der Waals surface area contributed by atoms with Crippen LogP contribution in [0.25, 0.3) is 0 Å². The van der Waals surface area contributed by atoms with E-state index >= 15 is 0 Å². The fraction of sp³-hybridized carbons (Fsp3) is 0.312. The number of carbonyl (C=O) groups is 1. The van der Waals surface area contributed by atoms with Gasteiger partial charge in [-0.15, -0.1) is 0 Å². The van der Waals surface area contributed by atoms with Crippen LogP contribution in [0.15, 0.2) is 36.5 Å². The van der Waals surface area contributed by atoms with Gasteiger partial charge in [0.05, 0.1) is 12.5 Å². The summed E-state index contributed by atoms with van der Waals surface area (Å²) in [6, 6.07) is 8.47. The minimum Gasteiger partial charge on any atom is -0.348 e. The highest BCUT2D eigenvalue weighted by molar-refractivity contribution is 6.31. The molecule has 1 aromatic heterocycles. The SMILES string of the molecule is CC1c2cccn2CCN1C(=O)Cc1c(F)cccc1Cl. The number of rotatable bonds is 2. The zero-order valence-corrected chi connectivity index (χ0v) is 12.5. The Morgan fingerprint density at radius 2 is 2.14 bits per heavy atom. The summed E-state index contributed by atoms with van der Waals surface area (Å²) in [6.07, 6.45) is 2.01. The first-order valence-corrected chi connectivity index (χ1v) is 7.33. The summed E-state index contributed by atoms with van der Waals surface area (Å²) < 4.78 is 15.9. The van der Waals surface area contributed by atoms with Gasteiger partial charge in [-0.05, 0) is 31.2 Å². The lowest BCUT2D eigenvalue weighted by Crippen LogP contribution is -2.41. The molecule has 110 valence electrons. The highest BCUT2D eigenvalue weighted by Crippen LogP contribution is 2.27. The smallest absolute Gasteiger partial charge is 0.227 e. The van der Waals surface area contributed by atoms with Crippen molar-refractivity contribution in [3.8, 4) is 0 Å². The minimum absolute atomic E-state index is 0.00342. The monoisotopic (exact) mass is 306 g/mol. The van der Waals surface area contributed by atoms with Crippen LogP contribution in [0.4, 0.5) is 4.39 Å². The lowest BCUT2D eigenvalue weighted by Gasteiger charge is -2.35. The van der Waals surface area contributed by atoms with Crippen LogP contribution < -0.4 is 0 Å². The zero-order chi connectivity index (χ0) is 15.0. The van der Waals surface area contributed by atoms with E-state index in [2.05, 4.69) is 4.57 Å². The molecule has 0 fully saturated rings. The average molecular weight is 307 g/mol. The third-order valence-corrected chi connectivity index (χ3v) is 4.41. The highest BCUT2D eigenvalue weighted by atomic mass is 35.5. The van der Waals surface area contributed by atoms with Gasteiger partial charge in [0.2, 0.25) is 5.91 Å². The molecule has 2 heterocycles. The number of carbonyl (C=O) groups excluding carboxylic acids is 1. The van der Waals surface area contributed by atoms with E-state index in [0.717, 1.165) is 12.2 Å². The normalized spacial score (nSPS) is 17.7. The van der Waals surface area contributed by atoms with E-state index in [1.807, 2.05) is 25.3 Å². The van der Waals surface area contributed by atoms with Crippen LogP contribution in [0, 0.1) is 5.82 Å². The Morgan fingerprint density at radius 3 is 2.90 bits per heavy atom. The summed E-state index contributed by atoms with van der Waals surface area (Å²) in [5.74, 6) is -0.522. The topological polar surface area (TPSA) is 25.2 Å². The third-order valence-electron chi connectivity index (χ3n) is 4.05. The Balaban J connectivity index is 1.81. The number of amides is 1. The fourth-order valence-electron chi connectivity index (χ4n) is 2.87. The first kappa shape index (κ1) is 14.1. The van der Waals surface area contributed by atoms with Gasteiger partial charge in [-0.25, -0.2) is 4.39 Å². The Kier molecular flexibility index (Phi) is 3.72. The molecule has 0 bridgehead atoms. The number of hydrogen-bond acceptors (Lipinski definition) is 1. The molecule has 1 aliphatic rings. The molecule has 2 aromatic rings. The Morgan fingerprint density at radius 1 is 1.33 bits per heavy atom. The number of nitrogens with zero attached hydrogens (tertiary/aromatic N) is 2. The summed E-state index contributed by atoms with van der Waals surface area (Å²) in [4.78, 5) is 14.3. The van der Waals surface area contributed by atoms with E-state index < -0.39 is 5.82 Å². The molecule has 1 aromatic carbocycles. The molecule has 1 amide bonds. The summed E-state index contributed by atoms with van der Waals surface area (Å²) in [5, 5.41) is 0.302. The van der Waals surface area contributed by atoms with Crippen molar-refractivity contribution >= 4 is 17.5 Å². The Labute approximate surface area is 127 Å². The lowest BCUT2D eigenvalue weighted by molar-refractivity contribution is -0.133. The van der Waals surface area contributed by atoms with Crippen molar-refractivity contribution in [1.29, 1.82) is 0 Å². The fourth-order valence-corrected chi connectivity index (χ4v) is 3.10. The number of fused-ring (bicyclic) bond motifs is 1. The summed E-state index contributed by atoms with van der Waals surface area (Å²) in [7, 11) is 0. The van der Waals surface area contributed by atoms with Crippen molar-refractivity contribution in [2.75, 3.05) is 6.54 Å². The van der Waals surface area contributed by atoms with Gasteiger partial charge in [0.15, 0.2) is 0 Å². The van der Waals surface area contributed by atoms with Gasteiger partial charge in [0.1, 0.15) is 5.82 Å². The molecule has 0 N–H and O–H groups in total. The molecule has 3 nitrogen and oxygen atoms in total. The van der Waals surface area contributed by atoms with E-state index in [1.165, 1.54) is 6.07 Å². The van der Waals surface area contributed by atoms with Gasteiger partial charge in [0.25, 0.3) is 0 Å². The second-order valence-corrected chi connectivity index (χ2v) is 5.67. The molecule has 1 aliphatic heterocycles. The van der Waals surface area contributed by atoms with Crippen molar-refractivity contribution in [3.05, 3.63) is 58.6 Å². The molecule has 0 aliphatic carbocycles. The Hall–Kier alpha value is -1.81. The standard InChI is InChI=1S/C16H16ClFN2O/c1-11-15-6-3-7-19(15)8-9-20(11)16(21)10-12-13(17)4-2-5-14(12)18/h2-7,11H,8-10H2,1H3. The van der Waals surface area contributed by atoms with Crippen LogP contribution in [0.2, 0.25) is 5.02 Å². The van der Waals surface area contributed by atoms with E-state index in [-0.39, 0.29) is 23.9 Å². The molecule has 0 saturated carbocycles. The van der Waals surface area contributed by atoms with Gasteiger partial charge in [-0.2, -0.15) is 0 Å². The first-order valence-electron chi connectivity index (χ1n) is 6.95. The number of benzene rings is 1. The second kappa shape index (κ2) is 5.53. The van der Waals surface area contributed by atoms with Crippen LogP contribution in [-0.2, 0) is 17.8 Å². The van der Waals surface area contributed by atoms with Gasteiger partial charge < -0.3 is 9.47 Å². The van der Waals surface area contributed by atoms with Gasteiger partial charge in [-0.1, -0.05) is 17.7 Å². The van der Waals surface area contributed by atoms with E-state index in [0.29, 0.717) is 11.6 Å².